The molecule has 0 aromatic heterocycles. The van der Waals surface area contributed by atoms with Crippen LogP contribution in [0.3, 0.4) is 0 Å². The van der Waals surface area contributed by atoms with Crippen LogP contribution in [0, 0.1) is 0 Å². The normalized spacial score (nSPS) is 10.6. The van der Waals surface area contributed by atoms with E-state index in [2.05, 4.69) is 24.3 Å². The zero-order chi connectivity index (χ0) is 13.1. The van der Waals surface area contributed by atoms with Gasteiger partial charge in [-0.2, -0.15) is 0 Å². The lowest BCUT2D eigenvalue weighted by Gasteiger charge is -2.07. The van der Waals surface area contributed by atoms with Gasteiger partial charge in [-0.25, -0.2) is 0 Å². The molecule has 3 rings (SSSR count). The zero-order valence-electron chi connectivity index (χ0n) is 10.5. The van der Waals surface area contributed by atoms with Crippen LogP contribution in [0.15, 0.2) is 66.7 Å². The maximum absolute atomic E-state index is 5.83. The SMILES string of the molecule is NCc1ccc2ccc(Oc3ccccc3)cc2c1. The molecule has 2 heteroatoms. The molecule has 3 aromatic rings. The third-order valence-electron chi connectivity index (χ3n) is 3.09. The van der Waals surface area contributed by atoms with Crippen LogP contribution in [-0.2, 0) is 6.54 Å². The van der Waals surface area contributed by atoms with Crippen molar-refractivity contribution >= 4 is 10.8 Å². The predicted octanol–water partition coefficient (Wildman–Crippen LogP) is 4.09. The highest BCUT2D eigenvalue weighted by Gasteiger charge is 2.00. The second-order valence-corrected chi connectivity index (χ2v) is 4.46. The van der Waals surface area contributed by atoms with Gasteiger partial charge in [0.05, 0.1) is 0 Å². The number of para-hydroxylation sites is 1. The van der Waals surface area contributed by atoms with Crippen molar-refractivity contribution in [2.45, 2.75) is 6.54 Å². The molecule has 0 spiro atoms. The fourth-order valence-electron chi connectivity index (χ4n) is 2.09. The van der Waals surface area contributed by atoms with E-state index in [1.165, 1.54) is 5.39 Å². The molecule has 0 saturated heterocycles. The van der Waals surface area contributed by atoms with Gasteiger partial charge in [0.1, 0.15) is 11.5 Å². The number of rotatable bonds is 3. The molecule has 94 valence electrons. The number of hydrogen-bond donors (Lipinski definition) is 1. The minimum absolute atomic E-state index is 0.555. The monoisotopic (exact) mass is 249 g/mol. The average Bonchev–Trinajstić information content (AvgIpc) is 2.47. The second kappa shape index (κ2) is 5.12. The first-order valence-corrected chi connectivity index (χ1v) is 6.31. The summed E-state index contributed by atoms with van der Waals surface area (Å²) in [5, 5.41) is 2.34. The molecule has 0 amide bonds. The molecule has 2 N–H and O–H groups in total. The van der Waals surface area contributed by atoms with Gasteiger partial charge in [0.2, 0.25) is 0 Å². The van der Waals surface area contributed by atoms with Crippen molar-refractivity contribution in [3.05, 3.63) is 72.3 Å². The van der Waals surface area contributed by atoms with Crippen molar-refractivity contribution in [1.29, 1.82) is 0 Å². The summed E-state index contributed by atoms with van der Waals surface area (Å²) in [6.45, 7) is 0.555. The van der Waals surface area contributed by atoms with Crippen LogP contribution in [0.25, 0.3) is 10.8 Å². The van der Waals surface area contributed by atoms with Gasteiger partial charge < -0.3 is 10.5 Å². The summed E-state index contributed by atoms with van der Waals surface area (Å²) >= 11 is 0. The lowest BCUT2D eigenvalue weighted by Crippen LogP contribution is -1.95. The van der Waals surface area contributed by atoms with Gasteiger partial charge >= 0.3 is 0 Å². The molecule has 0 aliphatic rings. The van der Waals surface area contributed by atoms with E-state index in [0.717, 1.165) is 22.4 Å². The van der Waals surface area contributed by atoms with Crippen molar-refractivity contribution in [1.82, 2.24) is 0 Å². The van der Waals surface area contributed by atoms with Crippen molar-refractivity contribution in [2.24, 2.45) is 5.73 Å². The lowest BCUT2D eigenvalue weighted by atomic mass is 10.1. The summed E-state index contributed by atoms with van der Waals surface area (Å²) in [6, 6.07) is 22.1. The number of nitrogens with two attached hydrogens (primary N) is 1. The van der Waals surface area contributed by atoms with Crippen molar-refractivity contribution in [2.75, 3.05) is 0 Å². The highest BCUT2D eigenvalue weighted by Crippen LogP contribution is 2.26. The highest BCUT2D eigenvalue weighted by atomic mass is 16.5. The van der Waals surface area contributed by atoms with E-state index in [-0.39, 0.29) is 0 Å². The van der Waals surface area contributed by atoms with Crippen LogP contribution < -0.4 is 10.5 Å². The Labute approximate surface area is 112 Å². The summed E-state index contributed by atoms with van der Waals surface area (Å²) in [5.74, 6) is 1.68. The Morgan fingerprint density at radius 3 is 2.32 bits per heavy atom. The van der Waals surface area contributed by atoms with Crippen LogP contribution in [0.1, 0.15) is 5.56 Å². The Morgan fingerprint density at radius 1 is 0.737 bits per heavy atom. The van der Waals surface area contributed by atoms with E-state index in [4.69, 9.17) is 10.5 Å². The van der Waals surface area contributed by atoms with Gasteiger partial charge in [0, 0.05) is 6.54 Å². The van der Waals surface area contributed by atoms with Crippen LogP contribution in [0.4, 0.5) is 0 Å². The van der Waals surface area contributed by atoms with Gasteiger partial charge in [0.25, 0.3) is 0 Å². The molecule has 0 fully saturated rings. The molecule has 0 saturated carbocycles. The smallest absolute Gasteiger partial charge is 0.128 e. The minimum Gasteiger partial charge on any atom is -0.457 e. The molecule has 19 heavy (non-hydrogen) atoms. The van der Waals surface area contributed by atoms with E-state index < -0.39 is 0 Å². The largest absolute Gasteiger partial charge is 0.457 e. The molecule has 2 nitrogen and oxygen atoms in total. The summed E-state index contributed by atoms with van der Waals surface area (Å²) in [7, 11) is 0. The first kappa shape index (κ1) is 11.8. The molecule has 0 aliphatic carbocycles. The Bertz CT molecular complexity index is 692. The van der Waals surface area contributed by atoms with Crippen LogP contribution in [0.5, 0.6) is 11.5 Å². The molecular weight excluding hydrogens is 234 g/mol. The average molecular weight is 249 g/mol. The van der Waals surface area contributed by atoms with Gasteiger partial charge in [-0.1, -0.05) is 36.4 Å². The fourth-order valence-corrected chi connectivity index (χ4v) is 2.09. The van der Waals surface area contributed by atoms with E-state index in [0.29, 0.717) is 6.54 Å². The molecular formula is C17H15NO. The quantitative estimate of drug-likeness (QED) is 0.758. The van der Waals surface area contributed by atoms with E-state index in [1.54, 1.807) is 0 Å². The van der Waals surface area contributed by atoms with Gasteiger partial charge in [-0.05, 0) is 46.7 Å². The Kier molecular flexibility index (Phi) is 3.17. The molecule has 0 bridgehead atoms. The zero-order valence-corrected chi connectivity index (χ0v) is 10.5. The van der Waals surface area contributed by atoms with Crippen LogP contribution >= 0.6 is 0 Å². The Morgan fingerprint density at radius 2 is 1.53 bits per heavy atom. The minimum atomic E-state index is 0.555. The molecule has 0 heterocycles. The van der Waals surface area contributed by atoms with Gasteiger partial charge in [-0.3, -0.25) is 0 Å². The predicted molar refractivity (Wildman–Crippen MR) is 78.4 cm³/mol. The number of benzene rings is 3. The lowest BCUT2D eigenvalue weighted by molar-refractivity contribution is 0.483. The second-order valence-electron chi connectivity index (χ2n) is 4.46. The third kappa shape index (κ3) is 2.59. The number of ether oxygens (including phenoxy) is 1. The maximum Gasteiger partial charge on any atom is 0.128 e. The fraction of sp³-hybridized carbons (Fsp3) is 0.0588. The van der Waals surface area contributed by atoms with Gasteiger partial charge in [-0.15, -0.1) is 0 Å². The number of fused-ring (bicyclic) bond motifs is 1. The van der Waals surface area contributed by atoms with Crippen LogP contribution in [0.2, 0.25) is 0 Å². The molecule has 0 atom stereocenters. The maximum atomic E-state index is 5.83. The van der Waals surface area contributed by atoms with Crippen LogP contribution in [-0.4, -0.2) is 0 Å². The molecule has 0 aliphatic heterocycles. The first-order chi connectivity index (χ1) is 9.35. The molecule has 3 aromatic carbocycles. The highest BCUT2D eigenvalue weighted by molar-refractivity contribution is 5.84. The van der Waals surface area contributed by atoms with Crippen molar-refractivity contribution in [3.63, 3.8) is 0 Å². The summed E-state index contributed by atoms with van der Waals surface area (Å²) in [5.41, 5.74) is 6.80. The Hall–Kier alpha value is -2.32. The molecule has 0 radical (unpaired) electrons. The summed E-state index contributed by atoms with van der Waals surface area (Å²) in [6.07, 6.45) is 0. The molecule has 0 unspecified atom stereocenters. The van der Waals surface area contributed by atoms with Gasteiger partial charge in [0.15, 0.2) is 0 Å². The van der Waals surface area contributed by atoms with Crippen molar-refractivity contribution < 1.29 is 4.74 Å². The summed E-state index contributed by atoms with van der Waals surface area (Å²) < 4.78 is 5.83. The van der Waals surface area contributed by atoms with E-state index in [1.807, 2.05) is 42.5 Å². The first-order valence-electron chi connectivity index (χ1n) is 6.31. The third-order valence-corrected chi connectivity index (χ3v) is 3.09. The van der Waals surface area contributed by atoms with Crippen molar-refractivity contribution in [3.8, 4) is 11.5 Å². The summed E-state index contributed by atoms with van der Waals surface area (Å²) in [4.78, 5) is 0. The van der Waals surface area contributed by atoms with E-state index in [9.17, 15) is 0 Å². The topological polar surface area (TPSA) is 35.2 Å². The standard InChI is InChI=1S/C17H15NO/c18-12-13-6-7-14-8-9-17(11-15(14)10-13)19-16-4-2-1-3-5-16/h1-11H,12,18H2. The number of hydrogen-bond acceptors (Lipinski definition) is 2. The Balaban J connectivity index is 1.96. The van der Waals surface area contributed by atoms with E-state index >= 15 is 0 Å².